The number of fused-ring (bicyclic) bond motifs is 1. The number of aromatic nitrogens is 2. The Labute approximate surface area is 95.6 Å². The fraction of sp³-hybridized carbons (Fsp3) is 0.100. The number of nitro benzene ring substituents is 1. The van der Waals surface area contributed by atoms with E-state index in [9.17, 15) is 10.1 Å². The number of halogens is 1. The van der Waals surface area contributed by atoms with Gasteiger partial charge in [0.15, 0.2) is 0 Å². The standard InChI is InChI=1S/C10H6ClN3O2/c11-5-1-2-9-8-6-7(14(15)16)3-4-10(8)13-12-9/h3-4,6H,5H2,(H,12,13). The van der Waals surface area contributed by atoms with Crippen molar-refractivity contribution in [1.29, 1.82) is 0 Å². The Hall–Kier alpha value is -2.06. The molecular weight excluding hydrogens is 230 g/mol. The SMILES string of the molecule is O=[N+]([O-])c1ccc2n[nH]c(C#CCCl)c2c1. The van der Waals surface area contributed by atoms with Crippen LogP contribution in [0.2, 0.25) is 0 Å². The first-order valence-electron chi connectivity index (χ1n) is 4.39. The molecule has 16 heavy (non-hydrogen) atoms. The zero-order valence-electron chi connectivity index (χ0n) is 8.03. The van der Waals surface area contributed by atoms with Gasteiger partial charge in [-0.05, 0) is 12.0 Å². The number of non-ortho nitro benzene ring substituents is 1. The van der Waals surface area contributed by atoms with Gasteiger partial charge in [-0.1, -0.05) is 5.92 Å². The van der Waals surface area contributed by atoms with Gasteiger partial charge in [-0.25, -0.2) is 0 Å². The number of benzene rings is 1. The number of nitrogens with one attached hydrogen (secondary N) is 1. The molecule has 0 unspecified atom stereocenters. The fourth-order valence-corrected chi connectivity index (χ4v) is 1.40. The summed E-state index contributed by atoms with van der Waals surface area (Å²) in [6.07, 6.45) is 0. The molecule has 6 heteroatoms. The summed E-state index contributed by atoms with van der Waals surface area (Å²) in [6, 6.07) is 4.43. The van der Waals surface area contributed by atoms with Crippen molar-refractivity contribution < 1.29 is 4.92 Å². The second-order valence-corrected chi connectivity index (χ2v) is 3.26. The van der Waals surface area contributed by atoms with Gasteiger partial charge in [-0.15, -0.1) is 11.6 Å². The topological polar surface area (TPSA) is 71.8 Å². The van der Waals surface area contributed by atoms with E-state index in [0.29, 0.717) is 16.6 Å². The molecular formula is C10H6ClN3O2. The Balaban J connectivity index is 2.60. The Morgan fingerprint density at radius 2 is 2.38 bits per heavy atom. The fourth-order valence-electron chi connectivity index (χ4n) is 1.33. The van der Waals surface area contributed by atoms with Crippen molar-refractivity contribution in [3.63, 3.8) is 0 Å². The maximum atomic E-state index is 10.6. The number of aromatic amines is 1. The van der Waals surface area contributed by atoms with E-state index >= 15 is 0 Å². The van der Waals surface area contributed by atoms with Crippen LogP contribution in [-0.4, -0.2) is 21.0 Å². The molecule has 0 fully saturated rings. The van der Waals surface area contributed by atoms with Gasteiger partial charge < -0.3 is 0 Å². The molecule has 0 atom stereocenters. The summed E-state index contributed by atoms with van der Waals surface area (Å²) in [7, 11) is 0. The zero-order valence-corrected chi connectivity index (χ0v) is 8.78. The first kappa shape index (κ1) is 10.5. The molecule has 1 aromatic carbocycles. The van der Waals surface area contributed by atoms with Crippen LogP contribution in [0, 0.1) is 22.0 Å². The summed E-state index contributed by atoms with van der Waals surface area (Å²) in [4.78, 5) is 10.2. The predicted molar refractivity (Wildman–Crippen MR) is 60.3 cm³/mol. The largest absolute Gasteiger partial charge is 0.270 e. The summed E-state index contributed by atoms with van der Waals surface area (Å²) < 4.78 is 0. The Morgan fingerprint density at radius 1 is 1.56 bits per heavy atom. The van der Waals surface area contributed by atoms with Crippen molar-refractivity contribution in [3.05, 3.63) is 34.0 Å². The molecule has 1 N–H and O–H groups in total. The van der Waals surface area contributed by atoms with E-state index in [4.69, 9.17) is 11.6 Å². The smallest absolute Gasteiger partial charge is 0.269 e. The molecule has 0 aliphatic rings. The maximum absolute atomic E-state index is 10.6. The van der Waals surface area contributed by atoms with Crippen LogP contribution in [0.1, 0.15) is 5.69 Å². The summed E-state index contributed by atoms with van der Waals surface area (Å²) in [5, 5.41) is 17.9. The van der Waals surface area contributed by atoms with Gasteiger partial charge in [0.1, 0.15) is 5.69 Å². The Bertz CT molecular complexity index is 609. The summed E-state index contributed by atoms with van der Waals surface area (Å²) >= 11 is 5.44. The van der Waals surface area contributed by atoms with Crippen molar-refractivity contribution in [2.75, 3.05) is 5.88 Å². The highest BCUT2D eigenvalue weighted by molar-refractivity contribution is 6.19. The molecule has 0 bridgehead atoms. The van der Waals surface area contributed by atoms with E-state index in [-0.39, 0.29) is 11.6 Å². The highest BCUT2D eigenvalue weighted by Crippen LogP contribution is 2.21. The average Bonchev–Trinajstić information content (AvgIpc) is 2.68. The number of alkyl halides is 1. The van der Waals surface area contributed by atoms with Gasteiger partial charge in [-0.2, -0.15) is 5.10 Å². The van der Waals surface area contributed by atoms with Crippen molar-refractivity contribution >= 4 is 28.2 Å². The summed E-state index contributed by atoms with van der Waals surface area (Å²) in [6.45, 7) is 0. The van der Waals surface area contributed by atoms with E-state index in [2.05, 4.69) is 22.0 Å². The van der Waals surface area contributed by atoms with Crippen molar-refractivity contribution in [2.45, 2.75) is 0 Å². The number of nitro groups is 1. The first-order chi connectivity index (χ1) is 7.72. The molecule has 0 amide bonds. The lowest BCUT2D eigenvalue weighted by Crippen LogP contribution is -1.86. The van der Waals surface area contributed by atoms with Gasteiger partial charge in [0, 0.05) is 17.5 Å². The molecule has 80 valence electrons. The highest BCUT2D eigenvalue weighted by atomic mass is 35.5. The van der Waals surface area contributed by atoms with Crippen LogP contribution in [0.25, 0.3) is 10.9 Å². The Kier molecular flexibility index (Phi) is 2.75. The molecule has 5 nitrogen and oxygen atoms in total. The molecule has 0 spiro atoms. The lowest BCUT2D eigenvalue weighted by Gasteiger charge is -1.90. The average molecular weight is 236 g/mol. The lowest BCUT2D eigenvalue weighted by atomic mass is 10.2. The second-order valence-electron chi connectivity index (χ2n) is 2.99. The van der Waals surface area contributed by atoms with Crippen molar-refractivity contribution in [2.24, 2.45) is 0 Å². The van der Waals surface area contributed by atoms with Gasteiger partial charge in [0.05, 0.1) is 16.3 Å². The third kappa shape index (κ3) is 1.83. The van der Waals surface area contributed by atoms with Gasteiger partial charge >= 0.3 is 0 Å². The molecule has 0 aliphatic carbocycles. The van der Waals surface area contributed by atoms with E-state index in [0.717, 1.165) is 0 Å². The van der Waals surface area contributed by atoms with Crippen LogP contribution in [0.5, 0.6) is 0 Å². The zero-order chi connectivity index (χ0) is 11.5. The van der Waals surface area contributed by atoms with Crippen LogP contribution in [0.15, 0.2) is 18.2 Å². The minimum absolute atomic E-state index is 0.0165. The molecule has 0 saturated carbocycles. The summed E-state index contributed by atoms with van der Waals surface area (Å²) in [5.74, 6) is 5.63. The summed E-state index contributed by atoms with van der Waals surface area (Å²) in [5.41, 5.74) is 1.20. The van der Waals surface area contributed by atoms with Gasteiger partial charge in [0.25, 0.3) is 5.69 Å². The normalized spacial score (nSPS) is 9.81. The van der Waals surface area contributed by atoms with Crippen LogP contribution in [0.4, 0.5) is 5.69 Å². The van der Waals surface area contributed by atoms with Gasteiger partial charge in [0.2, 0.25) is 0 Å². The van der Waals surface area contributed by atoms with Gasteiger partial charge in [-0.3, -0.25) is 15.2 Å². The second kappa shape index (κ2) is 4.21. The predicted octanol–water partition coefficient (Wildman–Crippen LogP) is 2.06. The molecule has 2 rings (SSSR count). The number of rotatable bonds is 1. The van der Waals surface area contributed by atoms with E-state index in [1.165, 1.54) is 12.1 Å². The third-order valence-electron chi connectivity index (χ3n) is 2.03. The molecule has 1 heterocycles. The Morgan fingerprint density at radius 3 is 3.06 bits per heavy atom. The van der Waals surface area contributed by atoms with Crippen molar-refractivity contribution in [1.82, 2.24) is 10.2 Å². The van der Waals surface area contributed by atoms with Crippen LogP contribution < -0.4 is 0 Å². The lowest BCUT2D eigenvalue weighted by molar-refractivity contribution is -0.384. The van der Waals surface area contributed by atoms with Crippen LogP contribution in [0.3, 0.4) is 0 Å². The minimum Gasteiger partial charge on any atom is -0.269 e. The monoisotopic (exact) mass is 235 g/mol. The molecule has 0 radical (unpaired) electrons. The maximum Gasteiger partial charge on any atom is 0.270 e. The molecule has 0 saturated heterocycles. The molecule has 1 aromatic heterocycles. The van der Waals surface area contributed by atoms with Crippen molar-refractivity contribution in [3.8, 4) is 11.8 Å². The minimum atomic E-state index is -0.453. The van der Waals surface area contributed by atoms with E-state index in [1.807, 2.05) is 0 Å². The molecule has 2 aromatic rings. The number of hydrogen-bond acceptors (Lipinski definition) is 3. The van der Waals surface area contributed by atoms with Crippen LogP contribution in [-0.2, 0) is 0 Å². The number of hydrogen-bond donors (Lipinski definition) is 1. The highest BCUT2D eigenvalue weighted by Gasteiger charge is 2.10. The van der Waals surface area contributed by atoms with E-state index < -0.39 is 4.92 Å². The van der Waals surface area contributed by atoms with E-state index in [1.54, 1.807) is 6.07 Å². The number of nitrogens with zero attached hydrogens (tertiary/aromatic N) is 2. The first-order valence-corrected chi connectivity index (χ1v) is 4.93. The molecule has 0 aliphatic heterocycles. The van der Waals surface area contributed by atoms with Crippen LogP contribution >= 0.6 is 11.6 Å². The number of H-pyrrole nitrogens is 1. The third-order valence-corrected chi connectivity index (χ3v) is 2.16. The quantitative estimate of drug-likeness (QED) is 0.356.